The van der Waals surface area contributed by atoms with E-state index >= 15 is 0 Å². The highest BCUT2D eigenvalue weighted by Gasteiger charge is 2.36. The molecule has 2 N–H and O–H groups in total. The number of ether oxygens (including phenoxy) is 3. The van der Waals surface area contributed by atoms with E-state index in [-0.39, 0.29) is 30.6 Å². The van der Waals surface area contributed by atoms with E-state index in [9.17, 15) is 18.4 Å². The number of nitrogens with zero attached hydrogens (tertiary/aromatic N) is 1. The zero-order valence-electron chi connectivity index (χ0n) is 17.6. The van der Waals surface area contributed by atoms with Gasteiger partial charge in [-0.25, -0.2) is 13.9 Å². The van der Waals surface area contributed by atoms with Crippen molar-refractivity contribution < 1.29 is 32.6 Å². The van der Waals surface area contributed by atoms with Crippen LogP contribution in [0.1, 0.15) is 25.8 Å². The first-order valence-corrected chi connectivity index (χ1v) is 11.2. The summed E-state index contributed by atoms with van der Waals surface area (Å²) in [6, 6.07) is 9.88. The van der Waals surface area contributed by atoms with Gasteiger partial charge in [-0.3, -0.25) is 10.0 Å². The standard InChI is InChI=1S/C21H26N2O7S/c1-14(2)10-18(21(24)22-25)23(12-15-4-9-19-20(11-15)30-13-29-19)31(26,27)17-7-5-16(28-3)6-8-17/h4-9,11,14,18,25H,10,12-13H2,1-3H3,(H,22,24). The Morgan fingerprint density at radius 3 is 2.45 bits per heavy atom. The van der Waals surface area contributed by atoms with Crippen LogP contribution in [-0.4, -0.2) is 43.8 Å². The molecule has 0 bridgehead atoms. The van der Waals surface area contributed by atoms with Gasteiger partial charge in [-0.2, -0.15) is 4.31 Å². The fourth-order valence-electron chi connectivity index (χ4n) is 3.34. The molecule has 3 rings (SSSR count). The molecule has 1 heterocycles. The van der Waals surface area contributed by atoms with E-state index in [0.717, 1.165) is 4.31 Å². The van der Waals surface area contributed by atoms with E-state index in [1.54, 1.807) is 23.7 Å². The molecular formula is C21H26N2O7S. The van der Waals surface area contributed by atoms with E-state index in [4.69, 9.17) is 14.2 Å². The first-order chi connectivity index (χ1) is 14.8. The number of hydrogen-bond donors (Lipinski definition) is 2. The van der Waals surface area contributed by atoms with Gasteiger partial charge in [0, 0.05) is 6.54 Å². The van der Waals surface area contributed by atoms with Crippen molar-refractivity contribution in [2.45, 2.75) is 37.8 Å². The van der Waals surface area contributed by atoms with Crippen LogP contribution in [0.3, 0.4) is 0 Å². The average molecular weight is 451 g/mol. The second-order valence-electron chi connectivity index (χ2n) is 7.53. The molecule has 0 radical (unpaired) electrons. The van der Waals surface area contributed by atoms with E-state index in [1.807, 2.05) is 13.8 Å². The van der Waals surface area contributed by atoms with Crippen LogP contribution in [0.25, 0.3) is 0 Å². The van der Waals surface area contributed by atoms with Crippen LogP contribution < -0.4 is 19.7 Å². The number of hydrogen-bond acceptors (Lipinski definition) is 7. The highest BCUT2D eigenvalue weighted by atomic mass is 32.2. The molecular weight excluding hydrogens is 424 g/mol. The molecule has 1 unspecified atom stereocenters. The lowest BCUT2D eigenvalue weighted by atomic mass is 10.0. The minimum absolute atomic E-state index is 0.00683. The molecule has 10 heteroatoms. The van der Waals surface area contributed by atoms with Crippen molar-refractivity contribution in [1.82, 2.24) is 9.79 Å². The van der Waals surface area contributed by atoms with Crippen LogP contribution in [0.4, 0.5) is 0 Å². The van der Waals surface area contributed by atoms with Crippen molar-refractivity contribution in [3.8, 4) is 17.2 Å². The van der Waals surface area contributed by atoms with Crippen molar-refractivity contribution in [2.75, 3.05) is 13.9 Å². The van der Waals surface area contributed by atoms with Gasteiger partial charge in [0.15, 0.2) is 11.5 Å². The van der Waals surface area contributed by atoms with E-state index in [2.05, 4.69) is 0 Å². The van der Waals surface area contributed by atoms with Crippen molar-refractivity contribution in [3.63, 3.8) is 0 Å². The summed E-state index contributed by atoms with van der Waals surface area (Å²) in [6.45, 7) is 3.73. The second-order valence-corrected chi connectivity index (χ2v) is 9.43. The molecule has 0 aromatic heterocycles. The number of fused-ring (bicyclic) bond motifs is 1. The van der Waals surface area contributed by atoms with Crippen molar-refractivity contribution in [1.29, 1.82) is 0 Å². The molecule has 0 aliphatic carbocycles. The predicted molar refractivity (Wildman–Crippen MR) is 111 cm³/mol. The Morgan fingerprint density at radius 2 is 1.84 bits per heavy atom. The summed E-state index contributed by atoms with van der Waals surface area (Å²) in [6.07, 6.45) is 0.215. The van der Waals surface area contributed by atoms with Gasteiger partial charge in [0.1, 0.15) is 11.8 Å². The second kappa shape index (κ2) is 9.54. The molecule has 9 nitrogen and oxygen atoms in total. The first kappa shape index (κ1) is 22.9. The molecule has 1 amide bonds. The highest BCUT2D eigenvalue weighted by molar-refractivity contribution is 7.89. The van der Waals surface area contributed by atoms with Gasteiger partial charge in [0.2, 0.25) is 16.8 Å². The Bertz CT molecular complexity index is 1020. The largest absolute Gasteiger partial charge is 0.497 e. The summed E-state index contributed by atoms with van der Waals surface area (Å²) < 4.78 is 44.1. The van der Waals surface area contributed by atoms with E-state index in [0.29, 0.717) is 22.8 Å². The normalized spacial score (nSPS) is 14.0. The zero-order chi connectivity index (χ0) is 22.6. The number of carbonyl (C=O) groups is 1. The number of methoxy groups -OCH3 is 1. The lowest BCUT2D eigenvalue weighted by Crippen LogP contribution is -2.49. The molecule has 2 aromatic rings. The van der Waals surface area contributed by atoms with Crippen molar-refractivity contribution in [3.05, 3.63) is 48.0 Å². The maximum absolute atomic E-state index is 13.6. The third kappa shape index (κ3) is 5.09. The van der Waals surface area contributed by atoms with Crippen LogP contribution in [-0.2, 0) is 21.4 Å². The molecule has 1 aliphatic heterocycles. The molecule has 0 saturated carbocycles. The molecule has 0 saturated heterocycles. The SMILES string of the molecule is COc1ccc(S(=O)(=O)N(Cc2ccc3c(c2)OCO3)C(CC(C)C)C(=O)NO)cc1. The van der Waals surface area contributed by atoms with Crippen LogP contribution in [0.5, 0.6) is 17.2 Å². The lowest BCUT2D eigenvalue weighted by Gasteiger charge is -2.30. The Hall–Kier alpha value is -2.82. The fourth-order valence-corrected chi connectivity index (χ4v) is 4.93. The number of rotatable bonds is 9. The van der Waals surface area contributed by atoms with Gasteiger partial charge >= 0.3 is 0 Å². The predicted octanol–water partition coefficient (Wildman–Crippen LogP) is 2.53. The van der Waals surface area contributed by atoms with Gasteiger partial charge in [-0.1, -0.05) is 19.9 Å². The van der Waals surface area contributed by atoms with Gasteiger partial charge in [0.05, 0.1) is 12.0 Å². The molecule has 1 atom stereocenters. The number of carbonyl (C=O) groups excluding carboxylic acids is 1. The summed E-state index contributed by atoms with van der Waals surface area (Å²) >= 11 is 0. The van der Waals surface area contributed by atoms with Gasteiger partial charge in [-0.15, -0.1) is 0 Å². The van der Waals surface area contributed by atoms with Gasteiger partial charge < -0.3 is 14.2 Å². The molecule has 0 fully saturated rings. The smallest absolute Gasteiger partial charge is 0.261 e. The van der Waals surface area contributed by atoms with Gasteiger partial charge in [0.25, 0.3) is 5.91 Å². The highest BCUT2D eigenvalue weighted by Crippen LogP contribution is 2.34. The Labute approximate surface area is 181 Å². The monoisotopic (exact) mass is 450 g/mol. The summed E-state index contributed by atoms with van der Waals surface area (Å²) in [5, 5.41) is 9.29. The fraction of sp³-hybridized carbons (Fsp3) is 0.381. The summed E-state index contributed by atoms with van der Waals surface area (Å²) in [7, 11) is -2.62. The average Bonchev–Trinajstić information content (AvgIpc) is 3.23. The third-order valence-electron chi connectivity index (χ3n) is 4.90. The Morgan fingerprint density at radius 1 is 1.16 bits per heavy atom. The summed E-state index contributed by atoms with van der Waals surface area (Å²) in [5.74, 6) is 0.777. The molecule has 2 aromatic carbocycles. The van der Waals surface area contributed by atoms with Crippen LogP contribution in [0.2, 0.25) is 0 Å². The Balaban J connectivity index is 2.04. The zero-order valence-corrected chi connectivity index (χ0v) is 18.4. The molecule has 168 valence electrons. The van der Waals surface area contributed by atoms with Crippen LogP contribution in [0, 0.1) is 5.92 Å². The Kier molecular flexibility index (Phi) is 7.04. The van der Waals surface area contributed by atoms with E-state index < -0.39 is 22.0 Å². The minimum atomic E-state index is -4.10. The first-order valence-electron chi connectivity index (χ1n) is 9.74. The number of hydroxylamine groups is 1. The maximum atomic E-state index is 13.6. The topological polar surface area (TPSA) is 114 Å². The molecule has 0 spiro atoms. The number of sulfonamides is 1. The van der Waals surface area contributed by atoms with Crippen LogP contribution in [0.15, 0.2) is 47.4 Å². The summed E-state index contributed by atoms with van der Waals surface area (Å²) in [4.78, 5) is 12.5. The molecule has 31 heavy (non-hydrogen) atoms. The van der Waals surface area contributed by atoms with E-state index in [1.165, 1.54) is 31.4 Å². The lowest BCUT2D eigenvalue weighted by molar-refractivity contribution is -0.133. The maximum Gasteiger partial charge on any atom is 0.261 e. The quantitative estimate of drug-likeness (QED) is 0.446. The number of amides is 1. The van der Waals surface area contributed by atoms with Crippen molar-refractivity contribution in [2.24, 2.45) is 5.92 Å². The van der Waals surface area contributed by atoms with Gasteiger partial charge in [-0.05, 0) is 54.3 Å². The van der Waals surface area contributed by atoms with Crippen molar-refractivity contribution >= 4 is 15.9 Å². The third-order valence-corrected chi connectivity index (χ3v) is 6.77. The molecule has 1 aliphatic rings. The summed E-state index contributed by atoms with van der Waals surface area (Å²) in [5.41, 5.74) is 2.22. The number of benzene rings is 2. The minimum Gasteiger partial charge on any atom is -0.497 e. The number of nitrogens with one attached hydrogen (secondary N) is 1. The van der Waals surface area contributed by atoms with Crippen LogP contribution >= 0.6 is 0 Å².